The van der Waals surface area contributed by atoms with Crippen molar-refractivity contribution >= 4 is 27.3 Å². The fourth-order valence-electron chi connectivity index (χ4n) is 2.17. The minimum absolute atomic E-state index is 0.112. The lowest BCUT2D eigenvalue weighted by molar-refractivity contribution is 0.414. The zero-order valence-electron chi connectivity index (χ0n) is 13.1. The molecule has 0 bridgehead atoms. The average Bonchev–Trinajstić information content (AvgIpc) is 2.55. The van der Waals surface area contributed by atoms with Crippen LogP contribution < -0.4 is 13.8 Å². The summed E-state index contributed by atoms with van der Waals surface area (Å²) >= 11 is 6.04. The maximum Gasteiger partial charge on any atom is 0.264 e. The zero-order valence-corrected chi connectivity index (χ0v) is 14.7. The monoisotopic (exact) mass is 355 g/mol. The highest BCUT2D eigenvalue weighted by atomic mass is 35.5. The van der Waals surface area contributed by atoms with Gasteiger partial charge in [-0.05, 0) is 49.4 Å². The molecule has 0 aliphatic rings. The van der Waals surface area contributed by atoms with E-state index in [4.69, 9.17) is 21.1 Å². The number of sulfonamides is 1. The van der Waals surface area contributed by atoms with Crippen molar-refractivity contribution in [2.75, 3.05) is 25.1 Å². The molecule has 2 aromatic carbocycles. The summed E-state index contributed by atoms with van der Waals surface area (Å²) in [6.07, 6.45) is 0. The smallest absolute Gasteiger partial charge is 0.264 e. The number of anilines is 1. The Hall–Kier alpha value is -1.92. The first-order valence-corrected chi connectivity index (χ1v) is 8.76. The van der Waals surface area contributed by atoms with Gasteiger partial charge in [0.15, 0.2) is 0 Å². The predicted molar refractivity (Wildman–Crippen MR) is 91.2 cm³/mol. The Labute approximate surface area is 141 Å². The van der Waals surface area contributed by atoms with Crippen molar-refractivity contribution in [3.63, 3.8) is 0 Å². The van der Waals surface area contributed by atoms with Crippen molar-refractivity contribution in [3.8, 4) is 11.5 Å². The van der Waals surface area contributed by atoms with Gasteiger partial charge in [0.2, 0.25) is 0 Å². The highest BCUT2D eigenvalue weighted by molar-refractivity contribution is 7.92. The molecule has 23 heavy (non-hydrogen) atoms. The second kappa shape index (κ2) is 7.10. The van der Waals surface area contributed by atoms with Gasteiger partial charge in [-0.1, -0.05) is 11.6 Å². The molecular weight excluding hydrogens is 338 g/mol. The van der Waals surface area contributed by atoms with Crippen LogP contribution in [-0.2, 0) is 10.0 Å². The Bertz CT molecular complexity index is 775. The minimum Gasteiger partial charge on any atom is -0.497 e. The molecule has 0 N–H and O–H groups in total. The maximum absolute atomic E-state index is 12.9. The van der Waals surface area contributed by atoms with Crippen LogP contribution >= 0.6 is 11.6 Å². The van der Waals surface area contributed by atoms with E-state index in [0.29, 0.717) is 17.2 Å². The van der Waals surface area contributed by atoms with Gasteiger partial charge < -0.3 is 9.47 Å². The number of methoxy groups -OCH3 is 2. The van der Waals surface area contributed by atoms with Gasteiger partial charge in [0.1, 0.15) is 11.5 Å². The van der Waals surface area contributed by atoms with Crippen LogP contribution in [0.4, 0.5) is 5.69 Å². The highest BCUT2D eigenvalue weighted by Crippen LogP contribution is 2.30. The number of nitrogens with zero attached hydrogens (tertiary/aromatic N) is 1. The second-order valence-electron chi connectivity index (χ2n) is 4.66. The summed E-state index contributed by atoms with van der Waals surface area (Å²) in [4.78, 5) is 0.112. The second-order valence-corrected chi connectivity index (χ2v) is 6.93. The standard InChI is InChI=1S/C16H18ClNO4S/c1-4-18(12-5-7-13(21-2)8-6-12)23(19,20)14-9-10-16(22-3)15(17)11-14/h5-11H,4H2,1-3H3. The molecular formula is C16H18ClNO4S. The molecule has 0 aliphatic carbocycles. The van der Waals surface area contributed by atoms with Crippen LogP contribution in [0.25, 0.3) is 0 Å². The Morgan fingerprint density at radius 1 is 1.04 bits per heavy atom. The van der Waals surface area contributed by atoms with Gasteiger partial charge in [0.05, 0.1) is 29.8 Å². The third kappa shape index (κ3) is 3.54. The summed E-state index contributed by atoms with van der Waals surface area (Å²) in [5.41, 5.74) is 0.556. The van der Waals surface area contributed by atoms with Crippen LogP contribution in [0.5, 0.6) is 11.5 Å². The van der Waals surface area contributed by atoms with E-state index in [1.807, 2.05) is 0 Å². The van der Waals surface area contributed by atoms with Crippen molar-refractivity contribution in [1.82, 2.24) is 0 Å². The number of ether oxygens (including phenoxy) is 2. The number of hydrogen-bond acceptors (Lipinski definition) is 4. The Morgan fingerprint density at radius 3 is 2.17 bits per heavy atom. The lowest BCUT2D eigenvalue weighted by atomic mass is 10.3. The van der Waals surface area contributed by atoms with Gasteiger partial charge in [-0.2, -0.15) is 0 Å². The molecule has 0 heterocycles. The highest BCUT2D eigenvalue weighted by Gasteiger charge is 2.24. The molecule has 2 aromatic rings. The molecule has 0 aliphatic heterocycles. The van der Waals surface area contributed by atoms with Crippen molar-refractivity contribution in [2.24, 2.45) is 0 Å². The summed E-state index contributed by atoms with van der Waals surface area (Å²) in [5.74, 6) is 1.09. The van der Waals surface area contributed by atoms with Gasteiger partial charge in [-0.15, -0.1) is 0 Å². The van der Waals surface area contributed by atoms with Gasteiger partial charge in [-0.25, -0.2) is 8.42 Å². The topological polar surface area (TPSA) is 55.8 Å². The van der Waals surface area contributed by atoms with Crippen LogP contribution in [-0.4, -0.2) is 29.2 Å². The summed E-state index contributed by atoms with van der Waals surface area (Å²) in [6, 6.07) is 11.2. The van der Waals surface area contributed by atoms with Crippen LogP contribution in [0.15, 0.2) is 47.4 Å². The SMILES string of the molecule is CCN(c1ccc(OC)cc1)S(=O)(=O)c1ccc(OC)c(Cl)c1. The molecule has 0 aromatic heterocycles. The first-order chi connectivity index (χ1) is 10.9. The first-order valence-electron chi connectivity index (χ1n) is 6.94. The maximum atomic E-state index is 12.9. The number of halogens is 1. The molecule has 0 atom stereocenters. The van der Waals surface area contributed by atoms with Gasteiger partial charge in [-0.3, -0.25) is 4.31 Å². The lowest BCUT2D eigenvalue weighted by Crippen LogP contribution is -2.30. The van der Waals surface area contributed by atoms with E-state index in [1.54, 1.807) is 38.3 Å². The van der Waals surface area contributed by atoms with E-state index < -0.39 is 10.0 Å². The summed E-state index contributed by atoms with van der Waals surface area (Å²) in [5, 5.41) is 0.249. The van der Waals surface area contributed by atoms with E-state index in [-0.39, 0.29) is 16.5 Å². The molecule has 0 unspecified atom stereocenters. The molecule has 0 radical (unpaired) electrons. The van der Waals surface area contributed by atoms with Crippen LogP contribution in [0.2, 0.25) is 5.02 Å². The molecule has 0 fully saturated rings. The lowest BCUT2D eigenvalue weighted by Gasteiger charge is -2.23. The Kier molecular flexibility index (Phi) is 5.38. The first kappa shape index (κ1) is 17.4. The van der Waals surface area contributed by atoms with Crippen molar-refractivity contribution in [3.05, 3.63) is 47.5 Å². The van der Waals surface area contributed by atoms with E-state index in [2.05, 4.69) is 0 Å². The minimum atomic E-state index is -3.72. The van der Waals surface area contributed by atoms with E-state index in [0.717, 1.165) is 0 Å². The number of benzene rings is 2. The predicted octanol–water partition coefficient (Wildman–Crippen LogP) is 3.57. The summed E-state index contributed by atoms with van der Waals surface area (Å²) in [7, 11) is -0.683. The summed E-state index contributed by atoms with van der Waals surface area (Å²) < 4.78 is 37.2. The fraction of sp³-hybridized carbons (Fsp3) is 0.250. The molecule has 0 spiro atoms. The normalized spacial score (nSPS) is 11.1. The van der Waals surface area contributed by atoms with Gasteiger partial charge in [0.25, 0.3) is 10.0 Å². The van der Waals surface area contributed by atoms with Gasteiger partial charge in [0, 0.05) is 6.54 Å². The van der Waals surface area contributed by atoms with Crippen LogP contribution in [0, 0.1) is 0 Å². The van der Waals surface area contributed by atoms with E-state index in [9.17, 15) is 8.42 Å². The molecule has 7 heteroatoms. The van der Waals surface area contributed by atoms with Crippen LogP contribution in [0.3, 0.4) is 0 Å². The number of hydrogen-bond donors (Lipinski definition) is 0. The quantitative estimate of drug-likeness (QED) is 0.794. The third-order valence-corrected chi connectivity index (χ3v) is 5.55. The van der Waals surface area contributed by atoms with Crippen molar-refractivity contribution < 1.29 is 17.9 Å². The zero-order chi connectivity index (χ0) is 17.0. The molecule has 5 nitrogen and oxygen atoms in total. The third-order valence-electron chi connectivity index (χ3n) is 3.36. The molecule has 2 rings (SSSR count). The molecule has 0 saturated heterocycles. The van der Waals surface area contributed by atoms with E-state index in [1.165, 1.54) is 29.6 Å². The fourth-order valence-corrected chi connectivity index (χ4v) is 4.00. The Balaban J connectivity index is 2.43. The van der Waals surface area contributed by atoms with Gasteiger partial charge >= 0.3 is 0 Å². The van der Waals surface area contributed by atoms with Crippen LogP contribution in [0.1, 0.15) is 6.92 Å². The van der Waals surface area contributed by atoms with Crippen molar-refractivity contribution in [2.45, 2.75) is 11.8 Å². The van der Waals surface area contributed by atoms with Crippen molar-refractivity contribution in [1.29, 1.82) is 0 Å². The average molecular weight is 356 g/mol. The largest absolute Gasteiger partial charge is 0.497 e. The molecule has 124 valence electrons. The number of rotatable bonds is 6. The summed E-state index contributed by atoms with van der Waals surface area (Å²) in [6.45, 7) is 2.06. The molecule has 0 saturated carbocycles. The Morgan fingerprint density at radius 2 is 1.70 bits per heavy atom. The van der Waals surface area contributed by atoms with E-state index >= 15 is 0 Å². The molecule has 0 amide bonds.